The number of benzene rings is 2. The van der Waals surface area contributed by atoms with Gasteiger partial charge in [-0.1, -0.05) is 23.9 Å². The molecule has 1 heterocycles. The van der Waals surface area contributed by atoms with E-state index in [2.05, 4.69) is 54.4 Å². The second kappa shape index (κ2) is 11.5. The molecule has 164 valence electrons. The van der Waals surface area contributed by atoms with Crippen LogP contribution in [0.4, 0.5) is 5.69 Å². The zero-order valence-electron chi connectivity index (χ0n) is 18.5. The number of hydrogen-bond acceptors (Lipinski definition) is 6. The average Bonchev–Trinajstić information content (AvgIpc) is 3.19. The third kappa shape index (κ3) is 6.06. The van der Waals surface area contributed by atoms with Crippen LogP contribution in [-0.2, 0) is 4.74 Å². The number of para-hydroxylation sites is 1. The fourth-order valence-corrected chi connectivity index (χ4v) is 4.68. The summed E-state index contributed by atoms with van der Waals surface area (Å²) in [5.41, 5.74) is 2.29. The van der Waals surface area contributed by atoms with Gasteiger partial charge in [-0.3, -0.25) is 4.90 Å². The Hall–Kier alpha value is -1.89. The lowest BCUT2D eigenvalue weighted by atomic mass is 10.1. The van der Waals surface area contributed by atoms with Crippen molar-refractivity contribution >= 4 is 17.4 Å². The summed E-state index contributed by atoms with van der Waals surface area (Å²) < 4.78 is 17.2. The second-order valence-electron chi connectivity index (χ2n) is 7.57. The van der Waals surface area contributed by atoms with Crippen LogP contribution < -0.4 is 14.8 Å². The number of thioether (sulfide) groups is 1. The SMILES string of the molecule is CCOCCN(CCCOc1ccc(OC)cc1C1Nc2ccccc2S1)C(C)C. The van der Waals surface area contributed by atoms with E-state index in [4.69, 9.17) is 14.2 Å². The molecule has 1 aliphatic heterocycles. The van der Waals surface area contributed by atoms with Crippen molar-refractivity contribution < 1.29 is 14.2 Å². The largest absolute Gasteiger partial charge is 0.497 e. The van der Waals surface area contributed by atoms with Gasteiger partial charge in [-0.05, 0) is 57.5 Å². The van der Waals surface area contributed by atoms with Gasteiger partial charge in [0, 0.05) is 41.9 Å². The fourth-order valence-electron chi connectivity index (χ4n) is 3.52. The zero-order chi connectivity index (χ0) is 21.3. The van der Waals surface area contributed by atoms with E-state index in [9.17, 15) is 0 Å². The first kappa shape index (κ1) is 22.8. The summed E-state index contributed by atoms with van der Waals surface area (Å²) in [5, 5.41) is 3.72. The number of methoxy groups -OCH3 is 1. The lowest BCUT2D eigenvalue weighted by molar-refractivity contribution is 0.0975. The van der Waals surface area contributed by atoms with E-state index in [1.807, 2.05) is 30.8 Å². The maximum atomic E-state index is 6.24. The Labute approximate surface area is 185 Å². The highest BCUT2D eigenvalue weighted by molar-refractivity contribution is 8.00. The number of nitrogens with one attached hydrogen (secondary N) is 1. The van der Waals surface area contributed by atoms with Crippen LogP contribution >= 0.6 is 11.8 Å². The van der Waals surface area contributed by atoms with Crippen LogP contribution in [0.3, 0.4) is 0 Å². The molecule has 2 aromatic carbocycles. The van der Waals surface area contributed by atoms with Gasteiger partial charge in [-0.15, -0.1) is 0 Å². The average molecular weight is 431 g/mol. The van der Waals surface area contributed by atoms with E-state index < -0.39 is 0 Å². The third-order valence-electron chi connectivity index (χ3n) is 5.22. The Morgan fingerprint density at radius 3 is 2.67 bits per heavy atom. The van der Waals surface area contributed by atoms with Crippen LogP contribution in [0, 0.1) is 0 Å². The number of rotatable bonds is 12. The number of hydrogen-bond donors (Lipinski definition) is 1. The molecule has 0 bridgehead atoms. The molecule has 0 aliphatic carbocycles. The highest BCUT2D eigenvalue weighted by Gasteiger charge is 2.25. The lowest BCUT2D eigenvalue weighted by Gasteiger charge is -2.26. The summed E-state index contributed by atoms with van der Waals surface area (Å²) in [6, 6.07) is 15.0. The molecular formula is C24H34N2O3S. The molecule has 6 heteroatoms. The van der Waals surface area contributed by atoms with Crippen molar-refractivity contribution in [3.05, 3.63) is 48.0 Å². The smallest absolute Gasteiger partial charge is 0.125 e. The first-order valence-corrected chi connectivity index (χ1v) is 11.6. The van der Waals surface area contributed by atoms with Crippen molar-refractivity contribution in [2.75, 3.05) is 45.3 Å². The molecule has 5 nitrogen and oxygen atoms in total. The highest BCUT2D eigenvalue weighted by atomic mass is 32.2. The van der Waals surface area contributed by atoms with Crippen molar-refractivity contribution in [3.8, 4) is 11.5 Å². The fraction of sp³-hybridized carbons (Fsp3) is 0.500. The standard InChI is InChI=1S/C24H34N2O3S/c1-5-28-16-14-26(18(2)3)13-8-15-29-22-12-11-19(27-4)17-20(22)24-25-21-9-6-7-10-23(21)30-24/h6-7,9-12,17-18,24-25H,5,8,13-16H2,1-4H3. The quantitative estimate of drug-likeness (QED) is 0.453. The molecule has 0 saturated heterocycles. The van der Waals surface area contributed by atoms with Crippen molar-refractivity contribution in [1.29, 1.82) is 0 Å². The Morgan fingerprint density at radius 1 is 1.10 bits per heavy atom. The highest BCUT2D eigenvalue weighted by Crippen LogP contribution is 2.49. The second-order valence-corrected chi connectivity index (χ2v) is 8.72. The van der Waals surface area contributed by atoms with E-state index in [1.165, 1.54) is 10.6 Å². The van der Waals surface area contributed by atoms with Crippen molar-refractivity contribution in [1.82, 2.24) is 4.90 Å². The summed E-state index contributed by atoms with van der Waals surface area (Å²) in [5.74, 6) is 1.76. The Bertz CT molecular complexity index is 775. The predicted molar refractivity (Wildman–Crippen MR) is 125 cm³/mol. The van der Waals surface area contributed by atoms with Crippen molar-refractivity contribution in [2.24, 2.45) is 0 Å². The van der Waals surface area contributed by atoms with Crippen molar-refractivity contribution in [2.45, 2.75) is 43.5 Å². The zero-order valence-corrected chi connectivity index (χ0v) is 19.3. The van der Waals surface area contributed by atoms with E-state index >= 15 is 0 Å². The molecule has 1 N–H and O–H groups in total. The Morgan fingerprint density at radius 2 is 1.93 bits per heavy atom. The minimum absolute atomic E-state index is 0.117. The van der Waals surface area contributed by atoms with Gasteiger partial charge in [0.1, 0.15) is 16.9 Å². The summed E-state index contributed by atoms with van der Waals surface area (Å²) in [7, 11) is 1.70. The van der Waals surface area contributed by atoms with E-state index in [1.54, 1.807) is 7.11 Å². The summed E-state index contributed by atoms with van der Waals surface area (Å²) in [4.78, 5) is 3.71. The molecule has 0 spiro atoms. The molecule has 1 atom stereocenters. The number of fused-ring (bicyclic) bond motifs is 1. The van der Waals surface area contributed by atoms with Crippen LogP contribution in [0.15, 0.2) is 47.4 Å². The Balaban J connectivity index is 1.59. The molecule has 3 rings (SSSR count). The van der Waals surface area contributed by atoms with Gasteiger partial charge in [0.2, 0.25) is 0 Å². The molecule has 0 aromatic heterocycles. The molecule has 0 amide bonds. The first-order valence-electron chi connectivity index (χ1n) is 10.8. The van der Waals surface area contributed by atoms with Crippen LogP contribution in [-0.4, -0.2) is 51.0 Å². The van der Waals surface area contributed by atoms with E-state index in [-0.39, 0.29) is 5.37 Å². The first-order chi connectivity index (χ1) is 14.6. The molecular weight excluding hydrogens is 396 g/mol. The Kier molecular flexibility index (Phi) is 8.73. The minimum Gasteiger partial charge on any atom is -0.497 e. The van der Waals surface area contributed by atoms with Gasteiger partial charge >= 0.3 is 0 Å². The lowest BCUT2D eigenvalue weighted by Crippen LogP contribution is -2.35. The van der Waals surface area contributed by atoms with Gasteiger partial charge in [-0.25, -0.2) is 0 Å². The molecule has 30 heavy (non-hydrogen) atoms. The predicted octanol–water partition coefficient (Wildman–Crippen LogP) is 5.43. The monoisotopic (exact) mass is 430 g/mol. The summed E-state index contributed by atoms with van der Waals surface area (Å²) >= 11 is 1.81. The van der Waals surface area contributed by atoms with Gasteiger partial charge in [-0.2, -0.15) is 0 Å². The molecule has 0 fully saturated rings. The number of anilines is 1. The summed E-state index contributed by atoms with van der Waals surface area (Å²) in [6.45, 7) is 10.7. The van der Waals surface area contributed by atoms with Crippen LogP contribution in [0.1, 0.15) is 38.1 Å². The molecule has 1 aliphatic rings. The van der Waals surface area contributed by atoms with E-state index in [0.29, 0.717) is 12.6 Å². The molecule has 2 aromatic rings. The molecule has 0 radical (unpaired) electrons. The number of ether oxygens (including phenoxy) is 3. The van der Waals surface area contributed by atoms with Crippen LogP contribution in [0.5, 0.6) is 11.5 Å². The van der Waals surface area contributed by atoms with Gasteiger partial charge in [0.25, 0.3) is 0 Å². The molecule has 0 saturated carbocycles. The van der Waals surface area contributed by atoms with Crippen LogP contribution in [0.25, 0.3) is 0 Å². The summed E-state index contributed by atoms with van der Waals surface area (Å²) in [6.07, 6.45) is 0.973. The molecule has 1 unspecified atom stereocenters. The number of nitrogens with zero attached hydrogens (tertiary/aromatic N) is 1. The topological polar surface area (TPSA) is 43.0 Å². The third-order valence-corrected chi connectivity index (χ3v) is 6.44. The maximum absolute atomic E-state index is 6.24. The van der Waals surface area contributed by atoms with Crippen LogP contribution in [0.2, 0.25) is 0 Å². The van der Waals surface area contributed by atoms with Gasteiger partial charge in [0.05, 0.1) is 20.3 Å². The van der Waals surface area contributed by atoms with Gasteiger partial charge in [0.15, 0.2) is 0 Å². The minimum atomic E-state index is 0.117. The normalized spacial score (nSPS) is 15.3. The van der Waals surface area contributed by atoms with Crippen molar-refractivity contribution in [3.63, 3.8) is 0 Å². The van der Waals surface area contributed by atoms with Gasteiger partial charge < -0.3 is 19.5 Å². The maximum Gasteiger partial charge on any atom is 0.125 e. The van der Waals surface area contributed by atoms with E-state index in [0.717, 1.165) is 49.8 Å².